The standard InChI is InChI=1S/C12H14BrN3O2/c1-8(17)15-11-2-3-16(7-11)12(18)9-4-10(13)6-14-5-9/h4-6,11H,2-3,7H2,1H3,(H,15,17). The largest absolute Gasteiger partial charge is 0.352 e. The summed E-state index contributed by atoms with van der Waals surface area (Å²) in [6.07, 6.45) is 3.99. The second-order valence-corrected chi connectivity index (χ2v) is 5.24. The van der Waals surface area contributed by atoms with E-state index in [0.717, 1.165) is 10.9 Å². The summed E-state index contributed by atoms with van der Waals surface area (Å²) in [6.45, 7) is 2.71. The summed E-state index contributed by atoms with van der Waals surface area (Å²) < 4.78 is 0.783. The van der Waals surface area contributed by atoms with E-state index >= 15 is 0 Å². The molecule has 0 radical (unpaired) electrons. The number of hydrogen-bond acceptors (Lipinski definition) is 3. The van der Waals surface area contributed by atoms with Gasteiger partial charge in [0.2, 0.25) is 5.91 Å². The van der Waals surface area contributed by atoms with Gasteiger partial charge in [0.1, 0.15) is 0 Å². The third kappa shape index (κ3) is 3.07. The van der Waals surface area contributed by atoms with Crippen molar-refractivity contribution >= 4 is 27.7 Å². The lowest BCUT2D eigenvalue weighted by Gasteiger charge is -2.16. The van der Waals surface area contributed by atoms with Gasteiger partial charge in [0.25, 0.3) is 5.91 Å². The van der Waals surface area contributed by atoms with Gasteiger partial charge in [0, 0.05) is 42.9 Å². The minimum atomic E-state index is -0.0570. The number of amides is 2. The van der Waals surface area contributed by atoms with Gasteiger partial charge in [-0.2, -0.15) is 0 Å². The minimum Gasteiger partial charge on any atom is -0.352 e. The molecule has 1 saturated heterocycles. The zero-order chi connectivity index (χ0) is 13.1. The van der Waals surface area contributed by atoms with Crippen LogP contribution in [0.2, 0.25) is 0 Å². The summed E-state index contributed by atoms with van der Waals surface area (Å²) in [4.78, 5) is 28.9. The molecule has 1 atom stereocenters. The van der Waals surface area contributed by atoms with Gasteiger partial charge in [-0.3, -0.25) is 14.6 Å². The molecule has 0 bridgehead atoms. The Morgan fingerprint density at radius 1 is 1.50 bits per heavy atom. The van der Waals surface area contributed by atoms with E-state index in [-0.39, 0.29) is 17.9 Å². The van der Waals surface area contributed by atoms with E-state index in [4.69, 9.17) is 0 Å². The number of halogens is 1. The number of nitrogens with one attached hydrogen (secondary N) is 1. The van der Waals surface area contributed by atoms with Crippen LogP contribution in [-0.2, 0) is 4.79 Å². The highest BCUT2D eigenvalue weighted by Crippen LogP contribution is 2.16. The highest BCUT2D eigenvalue weighted by Gasteiger charge is 2.27. The van der Waals surface area contributed by atoms with E-state index in [2.05, 4.69) is 26.2 Å². The molecule has 2 amide bonds. The molecule has 0 aliphatic carbocycles. The Morgan fingerprint density at radius 3 is 2.94 bits per heavy atom. The molecule has 1 aromatic heterocycles. The summed E-state index contributed by atoms with van der Waals surface area (Å²) >= 11 is 3.29. The molecule has 1 N–H and O–H groups in total. The molecule has 1 aliphatic rings. The zero-order valence-electron chi connectivity index (χ0n) is 10.0. The number of nitrogens with zero attached hydrogens (tertiary/aromatic N) is 2. The van der Waals surface area contributed by atoms with Crippen LogP contribution in [0, 0.1) is 0 Å². The van der Waals surface area contributed by atoms with Crippen LogP contribution in [0.1, 0.15) is 23.7 Å². The van der Waals surface area contributed by atoms with Gasteiger partial charge >= 0.3 is 0 Å². The van der Waals surface area contributed by atoms with Gasteiger partial charge in [-0.1, -0.05) is 0 Å². The maximum Gasteiger partial charge on any atom is 0.255 e. The second-order valence-electron chi connectivity index (χ2n) is 4.33. The van der Waals surface area contributed by atoms with Crippen LogP contribution in [0.4, 0.5) is 0 Å². The monoisotopic (exact) mass is 311 g/mol. The molecule has 1 fully saturated rings. The van der Waals surface area contributed by atoms with Crippen LogP contribution in [0.25, 0.3) is 0 Å². The Labute approximate surface area is 114 Å². The molecule has 5 nitrogen and oxygen atoms in total. The summed E-state index contributed by atoms with van der Waals surface area (Å²) in [6, 6.07) is 1.81. The lowest BCUT2D eigenvalue weighted by molar-refractivity contribution is -0.119. The fourth-order valence-corrected chi connectivity index (χ4v) is 2.43. The zero-order valence-corrected chi connectivity index (χ0v) is 11.6. The first kappa shape index (κ1) is 13.0. The first-order chi connectivity index (χ1) is 8.56. The molecule has 2 heterocycles. The quantitative estimate of drug-likeness (QED) is 0.892. The number of carbonyl (C=O) groups excluding carboxylic acids is 2. The number of likely N-dealkylation sites (tertiary alicyclic amines) is 1. The lowest BCUT2D eigenvalue weighted by atomic mass is 10.2. The van der Waals surface area contributed by atoms with Gasteiger partial charge in [-0.15, -0.1) is 0 Å². The summed E-state index contributed by atoms with van der Waals surface area (Å²) in [5.74, 6) is -0.102. The summed E-state index contributed by atoms with van der Waals surface area (Å²) in [5, 5.41) is 2.83. The van der Waals surface area contributed by atoms with Crippen molar-refractivity contribution in [3.63, 3.8) is 0 Å². The van der Waals surface area contributed by atoms with Crippen molar-refractivity contribution in [3.8, 4) is 0 Å². The number of pyridine rings is 1. The molecule has 1 aromatic rings. The average Bonchev–Trinajstić information content (AvgIpc) is 2.75. The smallest absolute Gasteiger partial charge is 0.255 e. The average molecular weight is 312 g/mol. The molecule has 0 saturated carbocycles. The third-order valence-corrected chi connectivity index (χ3v) is 3.27. The highest BCUT2D eigenvalue weighted by molar-refractivity contribution is 9.10. The van der Waals surface area contributed by atoms with E-state index in [1.54, 1.807) is 23.4 Å². The van der Waals surface area contributed by atoms with E-state index in [1.807, 2.05) is 0 Å². The topological polar surface area (TPSA) is 62.3 Å². The van der Waals surface area contributed by atoms with Gasteiger partial charge in [-0.05, 0) is 28.4 Å². The number of aromatic nitrogens is 1. The van der Waals surface area contributed by atoms with Gasteiger partial charge in [0.15, 0.2) is 0 Å². The lowest BCUT2D eigenvalue weighted by Crippen LogP contribution is -2.37. The third-order valence-electron chi connectivity index (χ3n) is 2.83. The predicted octanol–water partition coefficient (Wildman–Crippen LogP) is 1.19. The van der Waals surface area contributed by atoms with Crippen molar-refractivity contribution in [2.45, 2.75) is 19.4 Å². The first-order valence-corrected chi connectivity index (χ1v) is 6.52. The Kier molecular flexibility index (Phi) is 3.96. The van der Waals surface area contributed by atoms with Crippen molar-refractivity contribution in [1.82, 2.24) is 15.2 Å². The van der Waals surface area contributed by atoms with E-state index in [9.17, 15) is 9.59 Å². The first-order valence-electron chi connectivity index (χ1n) is 5.73. The Bertz CT molecular complexity index is 478. The molecule has 0 aromatic carbocycles. The van der Waals surface area contributed by atoms with Gasteiger partial charge < -0.3 is 10.2 Å². The van der Waals surface area contributed by atoms with Gasteiger partial charge in [-0.25, -0.2) is 0 Å². The van der Waals surface area contributed by atoms with Crippen LogP contribution in [0.3, 0.4) is 0 Å². The molecular weight excluding hydrogens is 298 g/mol. The van der Waals surface area contributed by atoms with Crippen molar-refractivity contribution in [3.05, 3.63) is 28.5 Å². The normalized spacial score (nSPS) is 18.8. The SMILES string of the molecule is CC(=O)NC1CCN(C(=O)c2cncc(Br)c2)C1. The maximum atomic E-state index is 12.2. The van der Waals surface area contributed by atoms with E-state index < -0.39 is 0 Å². The van der Waals surface area contributed by atoms with E-state index in [1.165, 1.54) is 6.92 Å². The molecule has 96 valence electrons. The fraction of sp³-hybridized carbons (Fsp3) is 0.417. The van der Waals surface area contributed by atoms with E-state index in [0.29, 0.717) is 18.7 Å². The van der Waals surface area contributed by atoms with Crippen LogP contribution in [0.15, 0.2) is 22.9 Å². The highest BCUT2D eigenvalue weighted by atomic mass is 79.9. The number of hydrogen-bond donors (Lipinski definition) is 1. The van der Waals surface area contributed by atoms with Crippen molar-refractivity contribution in [2.24, 2.45) is 0 Å². The molecule has 6 heteroatoms. The van der Waals surface area contributed by atoms with Crippen molar-refractivity contribution in [2.75, 3.05) is 13.1 Å². The second kappa shape index (κ2) is 5.48. The van der Waals surface area contributed by atoms with Gasteiger partial charge in [0.05, 0.1) is 5.56 Å². The summed E-state index contributed by atoms with van der Waals surface area (Å²) in [5.41, 5.74) is 0.563. The molecule has 18 heavy (non-hydrogen) atoms. The molecule has 2 rings (SSSR count). The fourth-order valence-electron chi connectivity index (χ4n) is 2.06. The maximum absolute atomic E-state index is 12.2. The van der Waals surface area contributed by atoms with Crippen molar-refractivity contribution in [1.29, 1.82) is 0 Å². The van der Waals surface area contributed by atoms with Crippen LogP contribution in [0.5, 0.6) is 0 Å². The molecule has 1 unspecified atom stereocenters. The van der Waals surface area contributed by atoms with Crippen LogP contribution >= 0.6 is 15.9 Å². The van der Waals surface area contributed by atoms with Crippen LogP contribution < -0.4 is 5.32 Å². The summed E-state index contributed by atoms with van der Waals surface area (Å²) in [7, 11) is 0. The molecule has 0 spiro atoms. The Morgan fingerprint density at radius 2 is 2.28 bits per heavy atom. The number of rotatable bonds is 2. The molecular formula is C12H14BrN3O2. The van der Waals surface area contributed by atoms with Crippen molar-refractivity contribution < 1.29 is 9.59 Å². The number of carbonyl (C=O) groups is 2. The van der Waals surface area contributed by atoms with Crippen LogP contribution in [-0.4, -0.2) is 40.8 Å². The Balaban J connectivity index is 2.01. The predicted molar refractivity (Wildman–Crippen MR) is 70.1 cm³/mol. The molecule has 1 aliphatic heterocycles. The Hall–Kier alpha value is -1.43. The minimum absolute atomic E-state index is 0.0448.